The lowest BCUT2D eigenvalue weighted by molar-refractivity contribution is -0.136. The molecular formula is C19H22O3. The van der Waals surface area contributed by atoms with Gasteiger partial charge in [-0.15, -0.1) is 0 Å². The lowest BCUT2D eigenvalue weighted by atomic mass is 9.87. The van der Waals surface area contributed by atoms with Crippen molar-refractivity contribution in [3.8, 4) is 5.75 Å². The number of rotatable bonds is 5. The minimum atomic E-state index is -0.817. The Morgan fingerprint density at radius 2 is 1.50 bits per heavy atom. The summed E-state index contributed by atoms with van der Waals surface area (Å²) in [6, 6.07) is 15.6. The molecule has 3 nitrogen and oxygen atoms in total. The van der Waals surface area contributed by atoms with Crippen LogP contribution in [0, 0.1) is 0 Å². The zero-order chi connectivity index (χ0) is 16.2. The molecule has 2 aromatic carbocycles. The van der Waals surface area contributed by atoms with E-state index < -0.39 is 5.97 Å². The van der Waals surface area contributed by atoms with Crippen LogP contribution in [0.3, 0.4) is 0 Å². The van der Waals surface area contributed by atoms with Crippen LogP contribution in [0.25, 0.3) is 0 Å². The van der Waals surface area contributed by atoms with Gasteiger partial charge in [0.25, 0.3) is 0 Å². The molecule has 0 fully saturated rings. The van der Waals surface area contributed by atoms with E-state index in [9.17, 15) is 4.79 Å². The fraction of sp³-hybridized carbons (Fsp3) is 0.316. The zero-order valence-corrected chi connectivity index (χ0v) is 13.3. The van der Waals surface area contributed by atoms with Crippen molar-refractivity contribution < 1.29 is 14.6 Å². The summed E-state index contributed by atoms with van der Waals surface area (Å²) < 4.78 is 5.76. The van der Waals surface area contributed by atoms with Crippen LogP contribution in [0.1, 0.15) is 37.5 Å². The van der Waals surface area contributed by atoms with Crippen LogP contribution in [0.5, 0.6) is 5.75 Å². The molecule has 22 heavy (non-hydrogen) atoms. The first-order chi connectivity index (χ1) is 10.3. The summed E-state index contributed by atoms with van der Waals surface area (Å²) in [5.41, 5.74) is 3.23. The van der Waals surface area contributed by atoms with E-state index in [2.05, 4.69) is 32.9 Å². The summed E-state index contributed by atoms with van der Waals surface area (Å²) in [5, 5.41) is 8.74. The second kappa shape index (κ2) is 6.65. The third kappa shape index (κ3) is 4.62. The van der Waals surface area contributed by atoms with Crippen LogP contribution >= 0.6 is 0 Å². The largest absolute Gasteiger partial charge is 0.489 e. The number of aliphatic carboxylic acids is 1. The van der Waals surface area contributed by atoms with Crippen molar-refractivity contribution in [2.45, 2.75) is 39.2 Å². The van der Waals surface area contributed by atoms with E-state index in [1.54, 1.807) is 0 Å². The van der Waals surface area contributed by atoms with Gasteiger partial charge in [0, 0.05) is 0 Å². The number of hydrogen-bond donors (Lipinski definition) is 1. The molecule has 0 radical (unpaired) electrons. The molecule has 0 aliphatic rings. The van der Waals surface area contributed by atoms with Gasteiger partial charge in [0.05, 0.1) is 6.42 Å². The van der Waals surface area contributed by atoms with Gasteiger partial charge in [-0.1, -0.05) is 57.2 Å². The molecule has 0 aliphatic carbocycles. The van der Waals surface area contributed by atoms with Gasteiger partial charge >= 0.3 is 5.97 Å². The van der Waals surface area contributed by atoms with E-state index in [-0.39, 0.29) is 11.8 Å². The normalized spacial score (nSPS) is 11.2. The Bertz CT molecular complexity index is 619. The van der Waals surface area contributed by atoms with Gasteiger partial charge in [0.15, 0.2) is 0 Å². The molecule has 2 aromatic rings. The fourth-order valence-electron chi connectivity index (χ4n) is 2.15. The van der Waals surface area contributed by atoms with Gasteiger partial charge in [-0.3, -0.25) is 4.79 Å². The first-order valence-corrected chi connectivity index (χ1v) is 7.37. The summed E-state index contributed by atoms with van der Waals surface area (Å²) in [6.45, 7) is 7.02. The molecule has 116 valence electrons. The van der Waals surface area contributed by atoms with Crippen molar-refractivity contribution in [1.82, 2.24) is 0 Å². The standard InChI is InChI=1S/C19H22O3/c1-19(2,3)16-8-10-17(11-9-16)22-13-15-6-4-14(5-7-15)12-18(20)21/h4-11H,12-13H2,1-3H3,(H,20,21). The second-order valence-corrected chi connectivity index (χ2v) is 6.45. The Hall–Kier alpha value is -2.29. The first kappa shape index (κ1) is 16.1. The monoisotopic (exact) mass is 298 g/mol. The van der Waals surface area contributed by atoms with Crippen molar-refractivity contribution in [3.63, 3.8) is 0 Å². The van der Waals surface area contributed by atoms with Crippen molar-refractivity contribution in [2.75, 3.05) is 0 Å². The maximum absolute atomic E-state index is 10.6. The summed E-state index contributed by atoms with van der Waals surface area (Å²) in [4.78, 5) is 10.6. The summed E-state index contributed by atoms with van der Waals surface area (Å²) in [5.74, 6) is 0.0190. The molecule has 2 rings (SSSR count). The van der Waals surface area contributed by atoms with Gasteiger partial charge in [0.1, 0.15) is 12.4 Å². The predicted octanol–water partition coefficient (Wildman–Crippen LogP) is 4.19. The molecule has 0 atom stereocenters. The van der Waals surface area contributed by atoms with Crippen LogP contribution in [0.15, 0.2) is 48.5 Å². The highest BCUT2D eigenvalue weighted by Gasteiger charge is 2.12. The van der Waals surface area contributed by atoms with Gasteiger partial charge in [-0.2, -0.15) is 0 Å². The minimum Gasteiger partial charge on any atom is -0.489 e. The molecule has 0 heterocycles. The van der Waals surface area contributed by atoms with E-state index in [0.717, 1.165) is 16.9 Å². The number of carboxylic acids is 1. The SMILES string of the molecule is CC(C)(C)c1ccc(OCc2ccc(CC(=O)O)cc2)cc1. The van der Waals surface area contributed by atoms with Crippen LogP contribution in [-0.2, 0) is 23.2 Å². The third-order valence-electron chi connectivity index (χ3n) is 3.50. The lowest BCUT2D eigenvalue weighted by Crippen LogP contribution is -2.10. The second-order valence-electron chi connectivity index (χ2n) is 6.45. The number of benzene rings is 2. The van der Waals surface area contributed by atoms with Gasteiger partial charge in [0.2, 0.25) is 0 Å². The molecule has 0 bridgehead atoms. The summed E-state index contributed by atoms with van der Waals surface area (Å²) >= 11 is 0. The van der Waals surface area contributed by atoms with Crippen LogP contribution in [-0.4, -0.2) is 11.1 Å². The molecule has 0 saturated heterocycles. The summed E-state index contributed by atoms with van der Waals surface area (Å²) in [7, 11) is 0. The lowest BCUT2D eigenvalue weighted by Gasteiger charge is -2.19. The quantitative estimate of drug-likeness (QED) is 0.900. The Balaban J connectivity index is 1.94. The molecule has 1 N–H and O–H groups in total. The molecule has 0 spiro atoms. The van der Waals surface area contributed by atoms with Crippen LogP contribution in [0.2, 0.25) is 0 Å². The highest BCUT2D eigenvalue weighted by atomic mass is 16.5. The highest BCUT2D eigenvalue weighted by Crippen LogP contribution is 2.24. The van der Waals surface area contributed by atoms with Gasteiger partial charge < -0.3 is 9.84 Å². The number of ether oxygens (including phenoxy) is 1. The Kier molecular flexibility index (Phi) is 4.86. The fourth-order valence-corrected chi connectivity index (χ4v) is 2.15. The van der Waals surface area contributed by atoms with E-state index >= 15 is 0 Å². The topological polar surface area (TPSA) is 46.5 Å². The Labute approximate surface area is 131 Å². The molecule has 0 amide bonds. The smallest absolute Gasteiger partial charge is 0.307 e. The maximum atomic E-state index is 10.6. The average molecular weight is 298 g/mol. The molecule has 3 heteroatoms. The van der Waals surface area contributed by atoms with E-state index in [1.165, 1.54) is 5.56 Å². The van der Waals surface area contributed by atoms with Crippen molar-refractivity contribution in [2.24, 2.45) is 0 Å². The van der Waals surface area contributed by atoms with Crippen LogP contribution in [0.4, 0.5) is 0 Å². The van der Waals surface area contributed by atoms with Crippen molar-refractivity contribution in [1.29, 1.82) is 0 Å². The first-order valence-electron chi connectivity index (χ1n) is 7.37. The van der Waals surface area contributed by atoms with Crippen LogP contribution < -0.4 is 4.74 Å². The number of hydrogen-bond acceptors (Lipinski definition) is 2. The van der Waals surface area contributed by atoms with E-state index in [4.69, 9.17) is 9.84 Å². The van der Waals surface area contributed by atoms with E-state index in [0.29, 0.717) is 6.61 Å². The molecule has 0 unspecified atom stereocenters. The van der Waals surface area contributed by atoms with Gasteiger partial charge in [-0.25, -0.2) is 0 Å². The third-order valence-corrected chi connectivity index (χ3v) is 3.50. The average Bonchev–Trinajstić information content (AvgIpc) is 2.45. The van der Waals surface area contributed by atoms with Crippen molar-refractivity contribution in [3.05, 3.63) is 65.2 Å². The maximum Gasteiger partial charge on any atom is 0.307 e. The summed E-state index contributed by atoms with van der Waals surface area (Å²) in [6.07, 6.45) is 0.0510. The molecule has 0 aromatic heterocycles. The zero-order valence-electron chi connectivity index (χ0n) is 13.3. The Morgan fingerprint density at radius 3 is 2.00 bits per heavy atom. The van der Waals surface area contributed by atoms with Gasteiger partial charge in [-0.05, 0) is 34.2 Å². The number of carbonyl (C=O) groups is 1. The van der Waals surface area contributed by atoms with E-state index in [1.807, 2.05) is 36.4 Å². The molecular weight excluding hydrogens is 276 g/mol. The predicted molar refractivity (Wildman–Crippen MR) is 87.3 cm³/mol. The Morgan fingerprint density at radius 1 is 0.955 bits per heavy atom. The molecule has 0 saturated carbocycles. The number of carboxylic acid groups (broad SMARTS) is 1. The highest BCUT2D eigenvalue weighted by molar-refractivity contribution is 5.70. The minimum absolute atomic E-state index is 0.0510. The van der Waals surface area contributed by atoms with Crippen molar-refractivity contribution >= 4 is 5.97 Å². The molecule has 0 aliphatic heterocycles.